The molecule has 1 aliphatic rings. The van der Waals surface area contributed by atoms with Gasteiger partial charge in [-0.15, -0.1) is 10.2 Å². The molecule has 30 heavy (non-hydrogen) atoms. The second kappa shape index (κ2) is 8.79. The predicted molar refractivity (Wildman–Crippen MR) is 119 cm³/mol. The molecular weight excluding hydrogens is 398 g/mol. The smallest absolute Gasteiger partial charge is 0.240 e. The van der Waals surface area contributed by atoms with Gasteiger partial charge in [0.2, 0.25) is 11.1 Å². The summed E-state index contributed by atoms with van der Waals surface area (Å²) in [5.41, 5.74) is 6.41. The van der Waals surface area contributed by atoms with Crippen LogP contribution in [0.1, 0.15) is 36.8 Å². The number of fused-ring (bicyclic) bond motifs is 1. The number of benzene rings is 2. The van der Waals surface area contributed by atoms with Gasteiger partial charge < -0.3 is 15.5 Å². The summed E-state index contributed by atoms with van der Waals surface area (Å²) in [6.45, 7) is 4.11. The molecule has 0 unspecified atom stereocenters. The van der Waals surface area contributed by atoms with E-state index in [2.05, 4.69) is 27.9 Å². The fourth-order valence-corrected chi connectivity index (χ4v) is 4.64. The lowest BCUT2D eigenvalue weighted by molar-refractivity contribution is -0.116. The second-order valence-corrected chi connectivity index (χ2v) is 8.11. The number of carbonyl (C=O) groups excluding carboxylic acids is 1. The number of nitrogens with zero attached hydrogens (tertiary/aromatic N) is 3. The van der Waals surface area contributed by atoms with Gasteiger partial charge in [-0.25, -0.2) is 4.68 Å². The maximum absolute atomic E-state index is 13.4. The lowest BCUT2D eigenvalue weighted by Crippen LogP contribution is -2.41. The molecule has 2 aromatic carbocycles. The molecule has 2 heterocycles. The largest absolute Gasteiger partial charge is 0.497 e. The molecule has 7 nitrogen and oxygen atoms in total. The molecule has 1 amide bonds. The van der Waals surface area contributed by atoms with Gasteiger partial charge in [-0.3, -0.25) is 4.79 Å². The molecule has 2 atom stereocenters. The Labute approximate surface area is 180 Å². The highest BCUT2D eigenvalue weighted by atomic mass is 32.2. The van der Waals surface area contributed by atoms with Crippen molar-refractivity contribution in [3.05, 3.63) is 65.5 Å². The highest BCUT2D eigenvalue weighted by molar-refractivity contribution is 8.00. The van der Waals surface area contributed by atoms with E-state index in [1.54, 1.807) is 7.11 Å². The molecule has 1 aliphatic heterocycles. The number of anilines is 1. The highest BCUT2D eigenvalue weighted by Gasteiger charge is 2.37. The molecule has 0 bridgehead atoms. The fraction of sp³-hybridized carbons (Fsp3) is 0.318. The van der Waals surface area contributed by atoms with Gasteiger partial charge in [0.25, 0.3) is 0 Å². The van der Waals surface area contributed by atoms with Crippen LogP contribution in [-0.2, 0) is 17.6 Å². The van der Waals surface area contributed by atoms with Crippen LogP contribution in [0, 0.1) is 0 Å². The first kappa shape index (κ1) is 20.3. The molecular formula is C22H25N5O2S. The monoisotopic (exact) mass is 423 g/mol. The van der Waals surface area contributed by atoms with Crippen LogP contribution in [0.5, 0.6) is 5.75 Å². The molecule has 0 radical (unpaired) electrons. The van der Waals surface area contributed by atoms with E-state index in [1.165, 1.54) is 11.8 Å². The van der Waals surface area contributed by atoms with Gasteiger partial charge in [0.15, 0.2) is 5.82 Å². The molecule has 0 fully saturated rings. The Hall–Kier alpha value is -3.00. The van der Waals surface area contributed by atoms with E-state index < -0.39 is 5.25 Å². The predicted octanol–water partition coefficient (Wildman–Crippen LogP) is 3.81. The molecule has 4 rings (SSSR count). The van der Waals surface area contributed by atoms with Crippen molar-refractivity contribution in [2.75, 3.05) is 17.9 Å². The lowest BCUT2D eigenvalue weighted by atomic mass is 10.0. The van der Waals surface area contributed by atoms with Crippen LogP contribution in [0.4, 0.5) is 5.69 Å². The Morgan fingerprint density at radius 2 is 1.90 bits per heavy atom. The quantitative estimate of drug-likeness (QED) is 0.628. The summed E-state index contributed by atoms with van der Waals surface area (Å²) < 4.78 is 7.18. The Balaban J connectivity index is 1.67. The van der Waals surface area contributed by atoms with E-state index in [9.17, 15) is 4.79 Å². The topological polar surface area (TPSA) is 81.1 Å². The number of hydrogen-bond donors (Lipinski definition) is 2. The molecule has 0 aliphatic carbocycles. The summed E-state index contributed by atoms with van der Waals surface area (Å²) in [6, 6.07) is 15.4. The molecule has 156 valence electrons. The average molecular weight is 424 g/mol. The maximum atomic E-state index is 13.4. The molecule has 8 heteroatoms. The van der Waals surface area contributed by atoms with Crippen molar-refractivity contribution >= 4 is 23.4 Å². The number of methoxy groups -OCH3 is 1. The van der Waals surface area contributed by atoms with Crippen molar-refractivity contribution in [2.24, 2.45) is 0 Å². The first-order chi connectivity index (χ1) is 14.6. The van der Waals surface area contributed by atoms with E-state index in [0.717, 1.165) is 41.2 Å². The van der Waals surface area contributed by atoms with Gasteiger partial charge in [-0.2, -0.15) is 0 Å². The van der Waals surface area contributed by atoms with Gasteiger partial charge in [-0.05, 0) is 35.7 Å². The van der Waals surface area contributed by atoms with E-state index in [0.29, 0.717) is 5.16 Å². The molecule has 2 N–H and O–H groups in total. The van der Waals surface area contributed by atoms with Crippen LogP contribution in [-0.4, -0.2) is 33.1 Å². The molecule has 0 saturated heterocycles. The summed E-state index contributed by atoms with van der Waals surface area (Å²) in [5, 5.41) is 11.9. The average Bonchev–Trinajstić information content (AvgIpc) is 3.20. The molecule has 0 spiro atoms. The van der Waals surface area contributed by atoms with Crippen molar-refractivity contribution < 1.29 is 9.53 Å². The maximum Gasteiger partial charge on any atom is 0.240 e. The van der Waals surface area contributed by atoms with Crippen LogP contribution in [0.2, 0.25) is 0 Å². The Kier molecular flexibility index (Phi) is 5.94. The normalized spacial score (nSPS) is 17.7. The number of para-hydroxylation sites is 1. The minimum Gasteiger partial charge on any atom is -0.497 e. The van der Waals surface area contributed by atoms with Crippen LogP contribution < -0.4 is 15.5 Å². The van der Waals surface area contributed by atoms with Gasteiger partial charge in [-0.1, -0.05) is 55.9 Å². The molecule has 1 aromatic heterocycles. The number of rotatable bonds is 6. The minimum atomic E-state index is -0.412. The third-order valence-corrected chi connectivity index (χ3v) is 6.42. The summed E-state index contributed by atoms with van der Waals surface area (Å²) in [6.07, 6.45) is 1.60. The van der Waals surface area contributed by atoms with E-state index in [-0.39, 0.29) is 11.9 Å². The zero-order valence-corrected chi connectivity index (χ0v) is 18.1. The van der Waals surface area contributed by atoms with Crippen molar-refractivity contribution in [3.63, 3.8) is 0 Å². The Morgan fingerprint density at radius 1 is 1.13 bits per heavy atom. The number of hydrogen-bond acceptors (Lipinski definition) is 6. The minimum absolute atomic E-state index is 0.0680. The highest BCUT2D eigenvalue weighted by Crippen LogP contribution is 2.38. The first-order valence-corrected chi connectivity index (χ1v) is 10.9. The summed E-state index contributed by atoms with van der Waals surface area (Å²) in [4.78, 5) is 13.4. The number of nitrogens with one attached hydrogen (secondary N) is 2. The van der Waals surface area contributed by atoms with Gasteiger partial charge in [0, 0.05) is 12.1 Å². The van der Waals surface area contributed by atoms with Gasteiger partial charge in [0.05, 0.1) is 13.2 Å². The van der Waals surface area contributed by atoms with Crippen molar-refractivity contribution in [1.29, 1.82) is 0 Å². The fourth-order valence-electron chi connectivity index (χ4n) is 3.54. The Bertz CT molecular complexity index is 1030. The zero-order valence-electron chi connectivity index (χ0n) is 17.3. The SMILES string of the molecule is CCc1ccccc1NC(=O)[C@@H]1Sc2nnc(CC)n2N[C@H]1c1ccc(OC)cc1. The van der Waals surface area contributed by atoms with Crippen molar-refractivity contribution in [2.45, 2.75) is 43.1 Å². The summed E-state index contributed by atoms with van der Waals surface area (Å²) in [7, 11) is 1.64. The number of carbonyl (C=O) groups is 1. The van der Waals surface area contributed by atoms with Crippen LogP contribution in [0.25, 0.3) is 0 Å². The number of aromatic nitrogens is 3. The van der Waals surface area contributed by atoms with Crippen LogP contribution in [0.15, 0.2) is 53.7 Å². The third kappa shape index (κ3) is 3.87. The van der Waals surface area contributed by atoms with E-state index >= 15 is 0 Å². The number of amides is 1. The summed E-state index contributed by atoms with van der Waals surface area (Å²) >= 11 is 1.43. The van der Waals surface area contributed by atoms with Crippen LogP contribution in [0.3, 0.4) is 0 Å². The zero-order chi connectivity index (χ0) is 21.1. The molecule has 3 aromatic rings. The Morgan fingerprint density at radius 3 is 2.60 bits per heavy atom. The van der Waals surface area contributed by atoms with E-state index in [1.807, 2.05) is 60.1 Å². The standard InChI is InChI=1S/C22H25N5O2S/c1-4-14-8-6-7-9-17(14)23-21(28)20-19(15-10-12-16(29-3)13-11-15)26-27-18(5-2)24-25-22(27)30-20/h6-13,19-20,26H,4-5H2,1-3H3,(H,23,28)/t19-,20+/m0/s1. The van der Waals surface area contributed by atoms with Gasteiger partial charge >= 0.3 is 0 Å². The second-order valence-electron chi connectivity index (χ2n) is 7.01. The van der Waals surface area contributed by atoms with E-state index in [4.69, 9.17) is 4.74 Å². The van der Waals surface area contributed by atoms with Crippen molar-refractivity contribution in [1.82, 2.24) is 14.9 Å². The third-order valence-electron chi connectivity index (χ3n) is 5.21. The summed E-state index contributed by atoms with van der Waals surface area (Å²) in [5.74, 6) is 1.55. The number of thioether (sulfide) groups is 1. The molecule has 0 saturated carbocycles. The van der Waals surface area contributed by atoms with Crippen molar-refractivity contribution in [3.8, 4) is 5.75 Å². The number of aryl methyl sites for hydroxylation is 2. The van der Waals surface area contributed by atoms with Crippen LogP contribution >= 0.6 is 11.8 Å². The van der Waals surface area contributed by atoms with Gasteiger partial charge in [0.1, 0.15) is 11.0 Å². The first-order valence-electron chi connectivity index (χ1n) is 10.0. The lowest BCUT2D eigenvalue weighted by Gasteiger charge is -2.33. The number of ether oxygens (including phenoxy) is 1.